The number of benzene rings is 1. The van der Waals surface area contributed by atoms with Crippen LogP contribution in [-0.4, -0.2) is 11.9 Å². The summed E-state index contributed by atoms with van der Waals surface area (Å²) in [7, 11) is 0. The molecule has 0 saturated carbocycles. The van der Waals surface area contributed by atoms with Crippen molar-refractivity contribution < 1.29 is 4.79 Å². The van der Waals surface area contributed by atoms with Gasteiger partial charge >= 0.3 is 0 Å². The van der Waals surface area contributed by atoms with Crippen molar-refractivity contribution in [1.82, 2.24) is 10.6 Å². The van der Waals surface area contributed by atoms with Gasteiger partial charge in [-0.25, -0.2) is 0 Å². The smallest absolute Gasteiger partial charge is 0.237 e. The second-order valence-corrected chi connectivity index (χ2v) is 6.60. The average Bonchev–Trinajstić information content (AvgIpc) is 3.00. The predicted octanol–water partition coefficient (Wildman–Crippen LogP) is 2.64. The lowest BCUT2D eigenvalue weighted by Crippen LogP contribution is -2.47. The van der Waals surface area contributed by atoms with E-state index in [1.807, 2.05) is 12.1 Å². The summed E-state index contributed by atoms with van der Waals surface area (Å²) in [5, 5.41) is 6.36. The van der Waals surface area contributed by atoms with E-state index in [2.05, 4.69) is 41.8 Å². The van der Waals surface area contributed by atoms with Crippen LogP contribution < -0.4 is 10.6 Å². The maximum atomic E-state index is 12.3. The third kappa shape index (κ3) is 3.34. The van der Waals surface area contributed by atoms with Gasteiger partial charge < -0.3 is 10.6 Å². The number of hydrogen-bond donors (Lipinski definition) is 2. The lowest BCUT2D eigenvalue weighted by atomic mass is 9.95. The fourth-order valence-electron chi connectivity index (χ4n) is 2.64. The van der Waals surface area contributed by atoms with Gasteiger partial charge in [0.05, 0.1) is 12.6 Å². The molecule has 1 aromatic heterocycles. The summed E-state index contributed by atoms with van der Waals surface area (Å²) in [6.07, 6.45) is 1.83. The first-order valence-corrected chi connectivity index (χ1v) is 8.23. The molecule has 21 heavy (non-hydrogen) atoms. The van der Waals surface area contributed by atoms with E-state index in [-0.39, 0.29) is 11.9 Å². The van der Waals surface area contributed by atoms with Crippen LogP contribution in [0.15, 0.2) is 36.4 Å². The molecule has 3 rings (SSSR count). The highest BCUT2D eigenvalue weighted by molar-refractivity contribution is 7.11. The number of amides is 1. The number of nitrogens with one attached hydrogen (secondary N) is 2. The van der Waals surface area contributed by atoms with Crippen LogP contribution in [0.2, 0.25) is 0 Å². The monoisotopic (exact) mass is 300 g/mol. The van der Waals surface area contributed by atoms with Gasteiger partial charge in [0, 0.05) is 16.3 Å². The van der Waals surface area contributed by atoms with Crippen molar-refractivity contribution in [2.24, 2.45) is 0 Å². The average molecular weight is 300 g/mol. The van der Waals surface area contributed by atoms with Gasteiger partial charge in [0.2, 0.25) is 5.91 Å². The normalized spacial score (nSPS) is 17.3. The zero-order valence-corrected chi connectivity index (χ0v) is 13.0. The van der Waals surface area contributed by atoms with E-state index in [1.54, 1.807) is 11.3 Å². The van der Waals surface area contributed by atoms with E-state index in [9.17, 15) is 4.79 Å². The second kappa shape index (κ2) is 6.41. The van der Waals surface area contributed by atoms with E-state index in [0.29, 0.717) is 6.54 Å². The number of aryl methyl sites for hydroxylation is 1. The van der Waals surface area contributed by atoms with Gasteiger partial charge in [-0.1, -0.05) is 31.2 Å². The Morgan fingerprint density at radius 2 is 2.00 bits per heavy atom. The Labute approximate surface area is 129 Å². The largest absolute Gasteiger partial charge is 0.350 e. The van der Waals surface area contributed by atoms with Gasteiger partial charge in [-0.05, 0) is 36.1 Å². The number of rotatable bonds is 4. The third-order valence-corrected chi connectivity index (χ3v) is 5.13. The zero-order valence-electron chi connectivity index (χ0n) is 12.2. The molecule has 2 aromatic rings. The van der Waals surface area contributed by atoms with Crippen molar-refractivity contribution in [3.8, 4) is 0 Å². The minimum absolute atomic E-state index is 0.0935. The lowest BCUT2D eigenvalue weighted by Gasteiger charge is -2.25. The van der Waals surface area contributed by atoms with E-state index >= 15 is 0 Å². The summed E-state index contributed by atoms with van der Waals surface area (Å²) in [4.78, 5) is 14.9. The SMILES string of the molecule is CCc1ccc(CNC(=O)[C@H]2Cc3ccccc3CN2)s1. The van der Waals surface area contributed by atoms with Crippen molar-refractivity contribution in [2.75, 3.05) is 0 Å². The van der Waals surface area contributed by atoms with Crippen LogP contribution in [0.1, 0.15) is 27.8 Å². The molecule has 0 aliphatic carbocycles. The first-order chi connectivity index (χ1) is 10.3. The Kier molecular flexibility index (Phi) is 4.36. The van der Waals surface area contributed by atoms with E-state index < -0.39 is 0 Å². The molecule has 0 saturated heterocycles. The number of thiophene rings is 1. The number of hydrogen-bond acceptors (Lipinski definition) is 3. The fraction of sp³-hybridized carbons (Fsp3) is 0.353. The van der Waals surface area contributed by atoms with Crippen molar-refractivity contribution in [3.63, 3.8) is 0 Å². The Morgan fingerprint density at radius 3 is 2.76 bits per heavy atom. The van der Waals surface area contributed by atoms with Crippen molar-refractivity contribution in [2.45, 2.75) is 38.9 Å². The highest BCUT2D eigenvalue weighted by Crippen LogP contribution is 2.18. The molecule has 1 aliphatic heterocycles. The van der Waals surface area contributed by atoms with Gasteiger partial charge in [0.25, 0.3) is 0 Å². The van der Waals surface area contributed by atoms with Gasteiger partial charge in [0.15, 0.2) is 0 Å². The zero-order chi connectivity index (χ0) is 14.7. The van der Waals surface area contributed by atoms with E-state index in [1.165, 1.54) is 20.9 Å². The Bertz CT molecular complexity index is 635. The molecule has 0 radical (unpaired) electrons. The molecule has 4 heteroatoms. The quantitative estimate of drug-likeness (QED) is 0.911. The molecule has 1 amide bonds. The second-order valence-electron chi connectivity index (χ2n) is 5.35. The molecule has 1 atom stereocenters. The van der Waals surface area contributed by atoms with Crippen LogP contribution in [0, 0.1) is 0 Å². The van der Waals surface area contributed by atoms with Gasteiger partial charge in [-0.3, -0.25) is 4.79 Å². The third-order valence-electron chi connectivity index (χ3n) is 3.90. The molecule has 1 aliphatic rings. The molecule has 0 unspecified atom stereocenters. The van der Waals surface area contributed by atoms with Crippen LogP contribution >= 0.6 is 11.3 Å². The van der Waals surface area contributed by atoms with Crippen LogP contribution in [0.25, 0.3) is 0 Å². The molecule has 0 spiro atoms. The fourth-order valence-corrected chi connectivity index (χ4v) is 3.54. The summed E-state index contributed by atoms with van der Waals surface area (Å²) < 4.78 is 0. The van der Waals surface area contributed by atoms with Crippen LogP contribution in [0.5, 0.6) is 0 Å². The molecule has 110 valence electrons. The molecular weight excluding hydrogens is 280 g/mol. The Balaban J connectivity index is 1.57. The molecule has 2 heterocycles. The summed E-state index contributed by atoms with van der Waals surface area (Å²) in [5.74, 6) is 0.0935. The predicted molar refractivity (Wildman–Crippen MR) is 86.3 cm³/mol. The summed E-state index contributed by atoms with van der Waals surface area (Å²) in [5.41, 5.74) is 2.58. The van der Waals surface area contributed by atoms with Crippen molar-refractivity contribution >= 4 is 17.2 Å². The van der Waals surface area contributed by atoms with Gasteiger partial charge in [-0.2, -0.15) is 0 Å². The highest BCUT2D eigenvalue weighted by Gasteiger charge is 2.23. The van der Waals surface area contributed by atoms with E-state index in [0.717, 1.165) is 19.4 Å². The van der Waals surface area contributed by atoms with Crippen LogP contribution in [0.4, 0.5) is 0 Å². The van der Waals surface area contributed by atoms with Crippen LogP contribution in [0.3, 0.4) is 0 Å². The number of carbonyl (C=O) groups excluding carboxylic acids is 1. The molecule has 3 nitrogen and oxygen atoms in total. The number of carbonyl (C=O) groups is 1. The maximum Gasteiger partial charge on any atom is 0.237 e. The number of fused-ring (bicyclic) bond motifs is 1. The van der Waals surface area contributed by atoms with Gasteiger partial charge in [0.1, 0.15) is 0 Å². The molecule has 0 bridgehead atoms. The summed E-state index contributed by atoms with van der Waals surface area (Å²) >= 11 is 1.77. The van der Waals surface area contributed by atoms with Gasteiger partial charge in [-0.15, -0.1) is 11.3 Å². The lowest BCUT2D eigenvalue weighted by molar-refractivity contribution is -0.123. The summed E-state index contributed by atoms with van der Waals surface area (Å²) in [6.45, 7) is 3.55. The molecular formula is C17H20N2OS. The molecule has 1 aromatic carbocycles. The Hall–Kier alpha value is -1.65. The van der Waals surface area contributed by atoms with Crippen molar-refractivity contribution in [3.05, 3.63) is 57.3 Å². The minimum atomic E-state index is -0.120. The molecule has 0 fully saturated rings. The van der Waals surface area contributed by atoms with E-state index in [4.69, 9.17) is 0 Å². The first-order valence-electron chi connectivity index (χ1n) is 7.41. The highest BCUT2D eigenvalue weighted by atomic mass is 32.1. The van der Waals surface area contributed by atoms with Crippen molar-refractivity contribution in [1.29, 1.82) is 0 Å². The topological polar surface area (TPSA) is 41.1 Å². The first kappa shape index (κ1) is 14.3. The maximum absolute atomic E-state index is 12.3. The Morgan fingerprint density at radius 1 is 1.24 bits per heavy atom. The standard InChI is InChI=1S/C17H20N2OS/c1-2-14-7-8-15(21-14)11-19-17(20)16-9-12-5-3-4-6-13(12)10-18-16/h3-8,16,18H,2,9-11H2,1H3,(H,19,20)/t16-/m1/s1. The van der Waals surface area contributed by atoms with Crippen LogP contribution in [-0.2, 0) is 30.7 Å². The minimum Gasteiger partial charge on any atom is -0.350 e. The molecule has 2 N–H and O–H groups in total. The summed E-state index contributed by atoms with van der Waals surface area (Å²) in [6, 6.07) is 12.4.